The zero-order chi connectivity index (χ0) is 12.5. The number of rotatable bonds is 2. The van der Waals surface area contributed by atoms with Gasteiger partial charge in [-0.3, -0.25) is 0 Å². The Balaban J connectivity index is 1.68. The number of halogens is 1. The number of fused-ring (bicyclic) bond motifs is 3. The predicted octanol–water partition coefficient (Wildman–Crippen LogP) is 1.17. The summed E-state index contributed by atoms with van der Waals surface area (Å²) in [6.45, 7) is 3.43. The van der Waals surface area contributed by atoms with Crippen LogP contribution in [-0.2, 0) is 4.74 Å². The van der Waals surface area contributed by atoms with Crippen LogP contribution in [0.25, 0.3) is 0 Å². The van der Waals surface area contributed by atoms with Crippen molar-refractivity contribution in [3.63, 3.8) is 0 Å². The molecule has 18 heavy (non-hydrogen) atoms. The van der Waals surface area contributed by atoms with E-state index in [0.717, 1.165) is 6.54 Å². The number of quaternary nitrogens is 1. The molecule has 3 saturated heterocycles. The normalized spacial score (nSPS) is 30.2. The number of esters is 1. The Hall–Kier alpha value is -1.06. The highest BCUT2D eigenvalue weighted by atomic mass is 35.5. The van der Waals surface area contributed by atoms with Gasteiger partial charge >= 0.3 is 5.97 Å². The van der Waals surface area contributed by atoms with E-state index in [0.29, 0.717) is 16.5 Å². The first kappa shape index (κ1) is 12.0. The van der Waals surface area contributed by atoms with Crippen molar-refractivity contribution in [3.05, 3.63) is 34.9 Å². The average Bonchev–Trinajstić information content (AvgIpc) is 2.40. The van der Waals surface area contributed by atoms with Gasteiger partial charge in [0.15, 0.2) is 6.10 Å². The van der Waals surface area contributed by atoms with Crippen molar-refractivity contribution in [1.82, 2.24) is 0 Å². The first-order chi connectivity index (χ1) is 8.72. The van der Waals surface area contributed by atoms with Gasteiger partial charge in [-0.1, -0.05) is 17.7 Å². The molecule has 3 nitrogen and oxygen atoms in total. The number of carbonyl (C=O) groups excluding carboxylic acids is 1. The van der Waals surface area contributed by atoms with Gasteiger partial charge in [-0.25, -0.2) is 4.79 Å². The molecule has 0 aliphatic carbocycles. The first-order valence-electron chi connectivity index (χ1n) is 6.52. The molecule has 2 bridgehead atoms. The van der Waals surface area contributed by atoms with E-state index in [4.69, 9.17) is 16.3 Å². The lowest BCUT2D eigenvalue weighted by molar-refractivity contribution is -0.920. The second kappa shape index (κ2) is 4.90. The maximum atomic E-state index is 12.1. The van der Waals surface area contributed by atoms with Crippen LogP contribution in [-0.4, -0.2) is 31.7 Å². The van der Waals surface area contributed by atoms with Gasteiger partial charge in [-0.15, -0.1) is 0 Å². The van der Waals surface area contributed by atoms with Crippen LogP contribution in [0.15, 0.2) is 24.3 Å². The maximum Gasteiger partial charge on any atom is 0.338 e. The minimum absolute atomic E-state index is 0.0916. The molecule has 0 radical (unpaired) electrons. The largest absolute Gasteiger partial charge is 0.452 e. The molecule has 3 heterocycles. The molecule has 1 atom stereocenters. The molecular weight excluding hydrogens is 250 g/mol. The van der Waals surface area contributed by atoms with Crippen LogP contribution in [0.3, 0.4) is 0 Å². The van der Waals surface area contributed by atoms with Gasteiger partial charge < -0.3 is 9.64 Å². The highest BCUT2D eigenvalue weighted by Crippen LogP contribution is 2.22. The van der Waals surface area contributed by atoms with Crippen molar-refractivity contribution in [3.8, 4) is 0 Å². The molecule has 3 fully saturated rings. The fourth-order valence-electron chi connectivity index (χ4n) is 3.03. The lowest BCUT2D eigenvalue weighted by atomic mass is 9.86. The fraction of sp³-hybridized carbons (Fsp3) is 0.500. The van der Waals surface area contributed by atoms with E-state index >= 15 is 0 Å². The molecule has 1 aromatic rings. The number of ether oxygens (including phenoxy) is 1. The number of carbonyl (C=O) groups is 1. The van der Waals surface area contributed by atoms with E-state index in [1.807, 2.05) is 0 Å². The molecular formula is C14H17ClNO2+. The molecule has 1 N–H and O–H groups in total. The van der Waals surface area contributed by atoms with Crippen molar-refractivity contribution in [2.24, 2.45) is 5.92 Å². The number of piperidine rings is 3. The summed E-state index contributed by atoms with van der Waals surface area (Å²) in [7, 11) is 0. The second-order valence-electron chi connectivity index (χ2n) is 5.25. The summed E-state index contributed by atoms with van der Waals surface area (Å²) in [4.78, 5) is 13.6. The standard InChI is InChI=1S/C14H16ClNO2/c15-12-3-1-2-11(8-12)14(17)18-13-9-16-6-4-10(13)5-7-16/h1-3,8,10,13H,4-7,9H2/p+1/t13-/m1/s1. The van der Waals surface area contributed by atoms with Crippen LogP contribution in [0.4, 0.5) is 0 Å². The van der Waals surface area contributed by atoms with Gasteiger partial charge in [-0.2, -0.15) is 0 Å². The van der Waals surface area contributed by atoms with Crippen molar-refractivity contribution in [2.75, 3.05) is 19.6 Å². The molecule has 1 aromatic carbocycles. The number of hydrogen-bond acceptors (Lipinski definition) is 2. The second-order valence-corrected chi connectivity index (χ2v) is 5.68. The van der Waals surface area contributed by atoms with Crippen LogP contribution in [0.5, 0.6) is 0 Å². The molecule has 96 valence electrons. The molecule has 0 spiro atoms. The Morgan fingerprint density at radius 3 is 2.72 bits per heavy atom. The summed E-state index contributed by atoms with van der Waals surface area (Å²) in [6, 6.07) is 6.96. The summed E-state index contributed by atoms with van der Waals surface area (Å²) >= 11 is 5.88. The van der Waals surface area contributed by atoms with E-state index in [9.17, 15) is 4.79 Å². The Morgan fingerprint density at radius 2 is 2.11 bits per heavy atom. The Kier molecular flexibility index (Phi) is 3.27. The molecule has 3 aliphatic rings. The molecule has 0 unspecified atom stereocenters. The fourth-order valence-corrected chi connectivity index (χ4v) is 3.22. The third kappa shape index (κ3) is 2.38. The van der Waals surface area contributed by atoms with Crippen molar-refractivity contribution in [1.29, 1.82) is 0 Å². The molecule has 4 heteroatoms. The molecule has 0 saturated carbocycles. The lowest BCUT2D eigenvalue weighted by Gasteiger charge is -2.41. The Bertz CT molecular complexity index is 455. The third-order valence-corrected chi connectivity index (χ3v) is 4.31. The van der Waals surface area contributed by atoms with Crippen molar-refractivity contribution in [2.45, 2.75) is 18.9 Å². The maximum absolute atomic E-state index is 12.1. The minimum atomic E-state index is -0.240. The van der Waals surface area contributed by atoms with Gasteiger partial charge in [0.25, 0.3) is 0 Å². The average molecular weight is 267 g/mol. The summed E-state index contributed by atoms with van der Waals surface area (Å²) in [5.74, 6) is 0.321. The van der Waals surface area contributed by atoms with Crippen LogP contribution in [0, 0.1) is 5.92 Å². The summed E-state index contributed by atoms with van der Waals surface area (Å²) < 4.78 is 5.65. The SMILES string of the molecule is O=C(O[C@@H]1C[NH+]2CCC1CC2)c1cccc(Cl)c1. The highest BCUT2D eigenvalue weighted by Gasteiger charge is 2.39. The molecule has 3 aliphatic heterocycles. The van der Waals surface area contributed by atoms with Crippen LogP contribution in [0.2, 0.25) is 5.02 Å². The number of nitrogens with one attached hydrogen (secondary N) is 1. The van der Waals surface area contributed by atoms with E-state index in [-0.39, 0.29) is 12.1 Å². The molecule has 0 aromatic heterocycles. The zero-order valence-corrected chi connectivity index (χ0v) is 11.0. The monoisotopic (exact) mass is 266 g/mol. The zero-order valence-electron chi connectivity index (χ0n) is 10.2. The van der Waals surface area contributed by atoms with Gasteiger partial charge in [0.2, 0.25) is 0 Å². The van der Waals surface area contributed by atoms with Crippen LogP contribution >= 0.6 is 11.6 Å². The Labute approximate surface area is 112 Å². The summed E-state index contributed by atoms with van der Waals surface area (Å²) in [5, 5.41) is 0.573. The Morgan fingerprint density at radius 1 is 1.33 bits per heavy atom. The van der Waals surface area contributed by atoms with E-state index < -0.39 is 0 Å². The molecule has 0 amide bonds. The summed E-state index contributed by atoms with van der Waals surface area (Å²) in [6.07, 6.45) is 2.46. The highest BCUT2D eigenvalue weighted by molar-refractivity contribution is 6.30. The van der Waals surface area contributed by atoms with E-state index in [2.05, 4.69) is 0 Å². The van der Waals surface area contributed by atoms with Crippen LogP contribution < -0.4 is 4.90 Å². The minimum Gasteiger partial charge on any atom is -0.452 e. The van der Waals surface area contributed by atoms with Gasteiger partial charge in [0, 0.05) is 23.8 Å². The quantitative estimate of drug-likeness (QED) is 0.815. The number of benzene rings is 1. The van der Waals surface area contributed by atoms with Gasteiger partial charge in [0.05, 0.1) is 18.7 Å². The van der Waals surface area contributed by atoms with Crippen molar-refractivity contribution < 1.29 is 14.4 Å². The first-order valence-corrected chi connectivity index (χ1v) is 6.90. The molecule has 4 rings (SSSR count). The lowest BCUT2D eigenvalue weighted by Crippen LogP contribution is -3.16. The van der Waals surface area contributed by atoms with Gasteiger partial charge in [0.1, 0.15) is 6.54 Å². The smallest absolute Gasteiger partial charge is 0.338 e. The summed E-state index contributed by atoms with van der Waals surface area (Å²) in [5.41, 5.74) is 0.550. The number of hydrogen-bond donors (Lipinski definition) is 1. The van der Waals surface area contributed by atoms with Gasteiger partial charge in [-0.05, 0) is 18.2 Å². The third-order valence-electron chi connectivity index (χ3n) is 4.07. The van der Waals surface area contributed by atoms with Crippen molar-refractivity contribution >= 4 is 17.6 Å². The van der Waals surface area contributed by atoms with E-state index in [1.54, 1.807) is 29.2 Å². The topological polar surface area (TPSA) is 30.7 Å². The van der Waals surface area contributed by atoms with E-state index in [1.165, 1.54) is 25.9 Å². The van der Waals surface area contributed by atoms with Crippen LogP contribution in [0.1, 0.15) is 23.2 Å². The predicted molar refractivity (Wildman–Crippen MR) is 68.9 cm³/mol.